The van der Waals surface area contributed by atoms with Gasteiger partial charge in [0.2, 0.25) is 0 Å². The van der Waals surface area contributed by atoms with E-state index in [9.17, 15) is 4.79 Å². The highest BCUT2D eigenvalue weighted by molar-refractivity contribution is 6.00. The number of nitrogens with zero attached hydrogens (tertiary/aromatic N) is 1. The van der Waals surface area contributed by atoms with Gasteiger partial charge in [-0.1, -0.05) is 51.1 Å². The van der Waals surface area contributed by atoms with Crippen molar-refractivity contribution in [3.8, 4) is 11.3 Å². The molecular weight excluding hydrogens is 224 g/mol. The monoisotopic (exact) mass is 242 g/mol. The molecule has 0 aliphatic rings. The topological polar surface area (TPSA) is 45.8 Å². The Morgan fingerprint density at radius 1 is 1.17 bits per heavy atom. The maximum Gasteiger partial charge on any atom is 0.186 e. The zero-order valence-corrected chi connectivity index (χ0v) is 11.2. The van der Waals surface area contributed by atoms with Crippen LogP contribution in [0.2, 0.25) is 0 Å². The molecule has 0 spiro atoms. The highest BCUT2D eigenvalue weighted by Crippen LogP contribution is 2.27. The Hall–Kier alpha value is -1.90. The van der Waals surface area contributed by atoms with Gasteiger partial charge in [0.25, 0.3) is 0 Å². The fraction of sp³-hybridized carbons (Fsp3) is 0.333. The van der Waals surface area contributed by atoms with Gasteiger partial charge in [-0.3, -0.25) is 9.89 Å². The van der Waals surface area contributed by atoms with Crippen molar-refractivity contribution in [3.05, 3.63) is 41.6 Å². The third-order valence-corrected chi connectivity index (χ3v) is 2.97. The van der Waals surface area contributed by atoms with Gasteiger partial charge >= 0.3 is 0 Å². The number of Topliss-reactive ketones (excluding diaryl/α,β-unsaturated/α-hetero) is 1. The quantitative estimate of drug-likeness (QED) is 0.817. The Balaban J connectivity index is 2.45. The van der Waals surface area contributed by atoms with Crippen LogP contribution in [0.1, 0.15) is 36.8 Å². The zero-order valence-electron chi connectivity index (χ0n) is 11.2. The predicted molar refractivity (Wildman–Crippen MR) is 72.5 cm³/mol. The standard InChI is InChI=1S/C15H18N2O/c1-10-12(11-8-6-5-7-9-11)16-17-13(10)14(18)15(2,3)4/h5-9H,1-4H3,(H,16,17). The summed E-state index contributed by atoms with van der Waals surface area (Å²) < 4.78 is 0. The lowest BCUT2D eigenvalue weighted by molar-refractivity contribution is 0.0852. The van der Waals surface area contributed by atoms with Gasteiger partial charge in [-0.2, -0.15) is 5.10 Å². The highest BCUT2D eigenvalue weighted by Gasteiger charge is 2.27. The van der Waals surface area contributed by atoms with Gasteiger partial charge in [-0.25, -0.2) is 0 Å². The number of aromatic nitrogens is 2. The van der Waals surface area contributed by atoms with E-state index in [4.69, 9.17) is 0 Å². The molecule has 94 valence electrons. The fourth-order valence-electron chi connectivity index (χ4n) is 1.87. The third kappa shape index (κ3) is 2.21. The Labute approximate surface area is 107 Å². The van der Waals surface area contributed by atoms with Crippen LogP contribution < -0.4 is 0 Å². The van der Waals surface area contributed by atoms with E-state index in [-0.39, 0.29) is 5.78 Å². The summed E-state index contributed by atoms with van der Waals surface area (Å²) in [6.07, 6.45) is 0. The van der Waals surface area contributed by atoms with Crippen LogP contribution in [0.4, 0.5) is 0 Å². The number of nitrogens with one attached hydrogen (secondary N) is 1. The van der Waals surface area contributed by atoms with Crippen molar-refractivity contribution >= 4 is 5.78 Å². The summed E-state index contributed by atoms with van der Waals surface area (Å²) in [5.41, 5.74) is 3.01. The lowest BCUT2D eigenvalue weighted by Gasteiger charge is -2.15. The number of hydrogen-bond acceptors (Lipinski definition) is 2. The molecule has 0 unspecified atom stereocenters. The molecule has 1 heterocycles. The Bertz CT molecular complexity index is 562. The van der Waals surface area contributed by atoms with E-state index >= 15 is 0 Å². The lowest BCUT2D eigenvalue weighted by atomic mass is 9.87. The van der Waals surface area contributed by atoms with Gasteiger partial charge in [0.05, 0.1) is 5.69 Å². The van der Waals surface area contributed by atoms with Crippen LogP contribution in [0.3, 0.4) is 0 Å². The van der Waals surface area contributed by atoms with E-state index in [0.29, 0.717) is 5.69 Å². The number of rotatable bonds is 2. The first-order valence-corrected chi connectivity index (χ1v) is 6.06. The molecule has 0 amide bonds. The van der Waals surface area contributed by atoms with Gasteiger partial charge in [0, 0.05) is 16.5 Å². The lowest BCUT2D eigenvalue weighted by Crippen LogP contribution is -2.21. The first kappa shape index (κ1) is 12.6. The number of benzene rings is 1. The average molecular weight is 242 g/mol. The molecule has 0 fully saturated rings. The molecule has 0 saturated carbocycles. The summed E-state index contributed by atoms with van der Waals surface area (Å²) in [5.74, 6) is 0.0923. The predicted octanol–water partition coefficient (Wildman–Crippen LogP) is 3.61. The summed E-state index contributed by atoms with van der Waals surface area (Å²) >= 11 is 0. The maximum atomic E-state index is 12.3. The average Bonchev–Trinajstić information content (AvgIpc) is 2.70. The molecule has 2 aromatic rings. The summed E-state index contributed by atoms with van der Waals surface area (Å²) in [6.45, 7) is 7.68. The number of carbonyl (C=O) groups excluding carboxylic acids is 1. The van der Waals surface area contributed by atoms with Crippen LogP contribution >= 0.6 is 0 Å². The molecule has 1 N–H and O–H groups in total. The van der Waals surface area contributed by atoms with E-state index in [2.05, 4.69) is 10.2 Å². The van der Waals surface area contributed by atoms with Gasteiger partial charge in [0.15, 0.2) is 5.78 Å². The van der Waals surface area contributed by atoms with Crippen molar-refractivity contribution in [2.45, 2.75) is 27.7 Å². The second kappa shape index (κ2) is 4.41. The largest absolute Gasteiger partial charge is 0.292 e. The second-order valence-corrected chi connectivity index (χ2v) is 5.52. The van der Waals surface area contributed by atoms with Crippen LogP contribution in [0.15, 0.2) is 30.3 Å². The second-order valence-electron chi connectivity index (χ2n) is 5.52. The first-order valence-electron chi connectivity index (χ1n) is 6.06. The van der Waals surface area contributed by atoms with Crippen molar-refractivity contribution < 1.29 is 4.79 Å². The maximum absolute atomic E-state index is 12.3. The van der Waals surface area contributed by atoms with Crippen molar-refractivity contribution in [2.24, 2.45) is 5.41 Å². The Morgan fingerprint density at radius 3 is 2.33 bits per heavy atom. The first-order chi connectivity index (χ1) is 8.41. The molecule has 0 aliphatic carbocycles. The zero-order chi connectivity index (χ0) is 13.3. The molecule has 3 nitrogen and oxygen atoms in total. The van der Waals surface area contributed by atoms with Crippen LogP contribution in [-0.4, -0.2) is 16.0 Å². The van der Waals surface area contributed by atoms with Crippen molar-refractivity contribution in [3.63, 3.8) is 0 Å². The summed E-state index contributed by atoms with van der Waals surface area (Å²) in [6, 6.07) is 9.89. The molecular formula is C15H18N2O. The van der Waals surface area contributed by atoms with Crippen molar-refractivity contribution in [1.82, 2.24) is 10.2 Å². The minimum atomic E-state index is -0.398. The number of hydrogen-bond donors (Lipinski definition) is 1. The van der Waals surface area contributed by atoms with E-state index in [0.717, 1.165) is 16.8 Å². The van der Waals surface area contributed by atoms with E-state index in [1.807, 2.05) is 58.0 Å². The number of ketones is 1. The van der Waals surface area contributed by atoms with Gasteiger partial charge in [0.1, 0.15) is 5.69 Å². The minimum Gasteiger partial charge on any atom is -0.292 e. The molecule has 0 atom stereocenters. The summed E-state index contributed by atoms with van der Waals surface area (Å²) in [7, 11) is 0. The molecule has 0 saturated heterocycles. The van der Waals surface area contributed by atoms with Gasteiger partial charge < -0.3 is 0 Å². The van der Waals surface area contributed by atoms with Crippen molar-refractivity contribution in [2.75, 3.05) is 0 Å². The molecule has 2 rings (SSSR count). The molecule has 1 aromatic heterocycles. The number of aromatic amines is 1. The van der Waals surface area contributed by atoms with Gasteiger partial charge in [-0.05, 0) is 6.92 Å². The number of H-pyrrole nitrogens is 1. The number of carbonyl (C=O) groups is 1. The molecule has 0 aliphatic heterocycles. The molecule has 18 heavy (non-hydrogen) atoms. The van der Waals surface area contributed by atoms with Crippen LogP contribution in [-0.2, 0) is 0 Å². The fourth-order valence-corrected chi connectivity index (χ4v) is 1.87. The summed E-state index contributed by atoms with van der Waals surface area (Å²) in [4.78, 5) is 12.3. The summed E-state index contributed by atoms with van der Waals surface area (Å²) in [5, 5.41) is 7.15. The third-order valence-electron chi connectivity index (χ3n) is 2.97. The van der Waals surface area contributed by atoms with Gasteiger partial charge in [-0.15, -0.1) is 0 Å². The van der Waals surface area contributed by atoms with Crippen LogP contribution in [0.5, 0.6) is 0 Å². The van der Waals surface area contributed by atoms with E-state index in [1.54, 1.807) is 0 Å². The molecule has 0 bridgehead atoms. The van der Waals surface area contributed by atoms with E-state index < -0.39 is 5.41 Å². The van der Waals surface area contributed by atoms with E-state index in [1.165, 1.54) is 0 Å². The van der Waals surface area contributed by atoms with Crippen LogP contribution in [0.25, 0.3) is 11.3 Å². The Morgan fingerprint density at radius 2 is 1.78 bits per heavy atom. The molecule has 0 radical (unpaired) electrons. The van der Waals surface area contributed by atoms with Crippen molar-refractivity contribution in [1.29, 1.82) is 0 Å². The van der Waals surface area contributed by atoms with Crippen LogP contribution in [0, 0.1) is 12.3 Å². The SMILES string of the molecule is Cc1c(-c2ccccc2)n[nH]c1C(=O)C(C)(C)C. The smallest absolute Gasteiger partial charge is 0.186 e. The highest BCUT2D eigenvalue weighted by atomic mass is 16.1. The Kier molecular flexibility index (Phi) is 3.07. The normalized spacial score (nSPS) is 11.6. The minimum absolute atomic E-state index is 0.0923. The molecule has 3 heteroatoms. The molecule has 1 aromatic carbocycles.